The van der Waals surface area contributed by atoms with Crippen molar-refractivity contribution in [2.45, 2.75) is 0 Å². The van der Waals surface area contributed by atoms with Crippen molar-refractivity contribution in [3.8, 4) is 40.3 Å². The molecule has 55 heavy (non-hydrogen) atoms. The minimum Gasteiger partial charge on any atom is -0.309 e. The molecule has 0 unspecified atom stereocenters. The first-order chi connectivity index (χ1) is 27.2. The van der Waals surface area contributed by atoms with Gasteiger partial charge >= 0.3 is 0 Å². The van der Waals surface area contributed by atoms with Crippen molar-refractivity contribution in [3.05, 3.63) is 187 Å². The molecule has 0 amide bonds. The maximum absolute atomic E-state index is 10.5. The van der Waals surface area contributed by atoms with Crippen LogP contribution in [-0.2, 0) is 0 Å². The summed E-state index contributed by atoms with van der Waals surface area (Å²) in [5, 5.41) is 27.2. The summed E-state index contributed by atoms with van der Waals surface area (Å²) >= 11 is 0. The Morgan fingerprint density at radius 2 is 0.818 bits per heavy atom. The molecule has 0 aliphatic heterocycles. The molecule has 0 aliphatic carbocycles. The number of aromatic nitrogens is 3. The van der Waals surface area contributed by atoms with Crippen molar-refractivity contribution >= 4 is 65.4 Å². The zero-order chi connectivity index (χ0) is 36.6. The van der Waals surface area contributed by atoms with E-state index in [1.54, 1.807) is 0 Å². The number of hydrogen-bond acceptors (Lipinski definition) is 2. The second-order valence-corrected chi connectivity index (χ2v) is 14.0. The van der Waals surface area contributed by atoms with E-state index in [2.05, 4.69) is 147 Å². The molecule has 5 heteroatoms. The Labute approximate surface area is 316 Å². The Balaban J connectivity index is 1.01. The lowest BCUT2D eigenvalue weighted by Gasteiger charge is -2.13. The van der Waals surface area contributed by atoms with Gasteiger partial charge in [0.25, 0.3) is 0 Å². The smallest absolute Gasteiger partial charge is 0.101 e. The van der Waals surface area contributed by atoms with Gasteiger partial charge in [-0.05, 0) is 90.0 Å². The minimum absolute atomic E-state index is 0.563. The van der Waals surface area contributed by atoms with Crippen LogP contribution in [0.2, 0.25) is 0 Å². The van der Waals surface area contributed by atoms with Crippen molar-refractivity contribution in [3.63, 3.8) is 0 Å². The first-order valence-electron chi connectivity index (χ1n) is 18.3. The number of nitriles is 2. The van der Waals surface area contributed by atoms with Gasteiger partial charge in [0.15, 0.2) is 0 Å². The monoisotopic (exact) mass is 699 g/mol. The number of para-hydroxylation sites is 4. The predicted molar refractivity (Wildman–Crippen MR) is 224 cm³/mol. The van der Waals surface area contributed by atoms with Gasteiger partial charge in [0.05, 0.1) is 56.0 Å². The van der Waals surface area contributed by atoms with Gasteiger partial charge in [-0.1, -0.05) is 97.1 Å². The fraction of sp³-hybridized carbons (Fsp3) is 0. The lowest BCUT2D eigenvalue weighted by Crippen LogP contribution is -1.98. The Morgan fingerprint density at radius 3 is 1.45 bits per heavy atom. The number of fused-ring (bicyclic) bond motifs is 9. The summed E-state index contributed by atoms with van der Waals surface area (Å²) in [6, 6.07) is 66.0. The summed E-state index contributed by atoms with van der Waals surface area (Å²) < 4.78 is 6.81. The summed E-state index contributed by atoms with van der Waals surface area (Å²) in [6.45, 7) is 0. The van der Waals surface area contributed by atoms with E-state index in [4.69, 9.17) is 0 Å². The second-order valence-electron chi connectivity index (χ2n) is 14.0. The van der Waals surface area contributed by atoms with Crippen LogP contribution in [0, 0.1) is 22.7 Å². The average Bonchev–Trinajstić information content (AvgIpc) is 3.89. The average molecular weight is 700 g/mol. The van der Waals surface area contributed by atoms with Crippen molar-refractivity contribution in [1.82, 2.24) is 13.7 Å². The third kappa shape index (κ3) is 4.45. The van der Waals surface area contributed by atoms with E-state index >= 15 is 0 Å². The SMILES string of the molecule is N#Cc1cc(-c2ccc(-n3c4ccccc4c4cc(-n5c6ccccc6c6ccccc65)ccc43)cc2)ccc1-n1c2ccccc2c2c(C#N)cccc21. The van der Waals surface area contributed by atoms with Crippen molar-refractivity contribution in [2.24, 2.45) is 0 Å². The minimum atomic E-state index is 0.563. The van der Waals surface area contributed by atoms with Gasteiger partial charge in [0, 0.05) is 43.7 Å². The fourth-order valence-electron chi connectivity index (χ4n) is 8.75. The van der Waals surface area contributed by atoms with Crippen molar-refractivity contribution < 1.29 is 0 Å². The van der Waals surface area contributed by atoms with E-state index in [1.165, 1.54) is 32.6 Å². The van der Waals surface area contributed by atoms with Crippen LogP contribution in [0.4, 0.5) is 0 Å². The molecular weight excluding hydrogens is 671 g/mol. The van der Waals surface area contributed by atoms with Crippen LogP contribution >= 0.6 is 0 Å². The summed E-state index contributed by atoms with van der Waals surface area (Å²) in [5.41, 5.74) is 12.7. The molecule has 0 aliphatic rings. The number of nitrogens with zero attached hydrogens (tertiary/aromatic N) is 5. The normalized spacial score (nSPS) is 11.6. The molecule has 254 valence electrons. The zero-order valence-corrected chi connectivity index (χ0v) is 29.5. The molecule has 3 heterocycles. The molecule has 0 saturated heterocycles. The highest BCUT2D eigenvalue weighted by atomic mass is 15.0. The van der Waals surface area contributed by atoms with E-state index < -0.39 is 0 Å². The molecule has 0 spiro atoms. The molecule has 0 saturated carbocycles. The van der Waals surface area contributed by atoms with E-state index in [0.717, 1.165) is 61.0 Å². The van der Waals surface area contributed by atoms with Crippen LogP contribution in [0.3, 0.4) is 0 Å². The molecule has 0 N–H and O–H groups in total. The van der Waals surface area contributed by atoms with E-state index in [1.807, 2.05) is 54.6 Å². The highest BCUT2D eigenvalue weighted by molar-refractivity contribution is 6.13. The van der Waals surface area contributed by atoms with E-state index in [0.29, 0.717) is 11.1 Å². The first kappa shape index (κ1) is 30.7. The molecule has 3 aromatic heterocycles. The fourth-order valence-corrected chi connectivity index (χ4v) is 8.75. The zero-order valence-electron chi connectivity index (χ0n) is 29.5. The number of rotatable bonds is 4. The van der Waals surface area contributed by atoms with Crippen LogP contribution in [0.5, 0.6) is 0 Å². The first-order valence-corrected chi connectivity index (χ1v) is 18.3. The maximum Gasteiger partial charge on any atom is 0.101 e. The van der Waals surface area contributed by atoms with Crippen LogP contribution in [0.15, 0.2) is 176 Å². The van der Waals surface area contributed by atoms with Crippen LogP contribution in [-0.4, -0.2) is 13.7 Å². The van der Waals surface area contributed by atoms with Crippen LogP contribution in [0.25, 0.3) is 93.6 Å². The highest BCUT2D eigenvalue weighted by Gasteiger charge is 2.19. The standard InChI is InChI=1S/C50H29N5/c51-30-34-10-9-19-49-50(34)41-14-4-8-18-47(41)55(49)43-26-22-33(28-35(43)31-52)32-20-23-36(24-21-32)53-46-17-7-3-13-40(46)42-29-37(25-27-48(42)53)54-44-15-5-1-11-38(44)39-12-2-6-16-45(39)54/h1-29H. The molecule has 0 radical (unpaired) electrons. The second kappa shape index (κ2) is 11.8. The summed E-state index contributed by atoms with van der Waals surface area (Å²) in [4.78, 5) is 0. The van der Waals surface area contributed by atoms with Crippen molar-refractivity contribution in [1.29, 1.82) is 10.5 Å². The molecule has 0 fully saturated rings. The van der Waals surface area contributed by atoms with Gasteiger partial charge < -0.3 is 13.7 Å². The molecule has 5 nitrogen and oxygen atoms in total. The van der Waals surface area contributed by atoms with Crippen LogP contribution < -0.4 is 0 Å². The molecular formula is C50H29N5. The Morgan fingerprint density at radius 1 is 0.327 bits per heavy atom. The van der Waals surface area contributed by atoms with Gasteiger partial charge in [-0.2, -0.15) is 10.5 Å². The van der Waals surface area contributed by atoms with Gasteiger partial charge in [-0.3, -0.25) is 0 Å². The third-order valence-corrected chi connectivity index (χ3v) is 11.1. The summed E-state index contributed by atoms with van der Waals surface area (Å²) in [6.07, 6.45) is 0. The van der Waals surface area contributed by atoms with Gasteiger partial charge in [0.2, 0.25) is 0 Å². The molecule has 11 aromatic rings. The molecule has 0 bridgehead atoms. The Kier molecular flexibility index (Phi) is 6.61. The quantitative estimate of drug-likeness (QED) is 0.184. The van der Waals surface area contributed by atoms with Gasteiger partial charge in [0.1, 0.15) is 6.07 Å². The number of hydrogen-bond donors (Lipinski definition) is 0. The molecule has 8 aromatic carbocycles. The lowest BCUT2D eigenvalue weighted by molar-refractivity contribution is 1.16. The van der Waals surface area contributed by atoms with Crippen molar-refractivity contribution in [2.75, 3.05) is 0 Å². The van der Waals surface area contributed by atoms with Gasteiger partial charge in [-0.25, -0.2) is 0 Å². The molecule has 0 atom stereocenters. The number of benzene rings is 8. The Hall–Kier alpha value is -7.86. The van der Waals surface area contributed by atoms with Gasteiger partial charge in [-0.15, -0.1) is 0 Å². The van der Waals surface area contributed by atoms with E-state index in [9.17, 15) is 10.5 Å². The maximum atomic E-state index is 10.5. The highest BCUT2D eigenvalue weighted by Crippen LogP contribution is 2.39. The van der Waals surface area contributed by atoms with E-state index in [-0.39, 0.29) is 0 Å². The molecule has 11 rings (SSSR count). The summed E-state index contributed by atoms with van der Waals surface area (Å²) in [5.74, 6) is 0. The topological polar surface area (TPSA) is 62.4 Å². The van der Waals surface area contributed by atoms with Crippen LogP contribution in [0.1, 0.15) is 11.1 Å². The Bertz CT molecular complexity index is 3400. The predicted octanol–water partition coefficient (Wildman–Crippen LogP) is 12.4. The lowest BCUT2D eigenvalue weighted by atomic mass is 10.0. The largest absolute Gasteiger partial charge is 0.309 e. The summed E-state index contributed by atoms with van der Waals surface area (Å²) in [7, 11) is 0. The third-order valence-electron chi connectivity index (χ3n) is 11.1.